The number of rotatable bonds is 8. The van der Waals surface area contributed by atoms with Gasteiger partial charge in [0.15, 0.2) is 5.78 Å². The molecule has 0 spiro atoms. The normalized spacial score (nSPS) is 17.0. The van der Waals surface area contributed by atoms with Gasteiger partial charge in [0.2, 0.25) is 0 Å². The molecule has 0 aliphatic carbocycles. The van der Waals surface area contributed by atoms with Crippen LogP contribution in [0.15, 0.2) is 30.3 Å². The second-order valence-corrected chi connectivity index (χ2v) is 5.44. The van der Waals surface area contributed by atoms with Crippen LogP contribution in [0.4, 0.5) is 0 Å². The monoisotopic (exact) mass is 273 g/mol. The molecular weight excluding hydrogens is 250 g/mol. The summed E-state index contributed by atoms with van der Waals surface area (Å²) in [6.07, 6.45) is 6.63. The molecule has 1 heterocycles. The van der Waals surface area contributed by atoms with Crippen LogP contribution >= 0.6 is 0 Å². The van der Waals surface area contributed by atoms with Crippen LogP contribution in [0.25, 0.3) is 0 Å². The minimum atomic E-state index is -0.00782. The molecule has 3 heteroatoms. The van der Waals surface area contributed by atoms with Gasteiger partial charge in [-0.1, -0.05) is 36.8 Å². The highest BCUT2D eigenvalue weighted by atomic mass is 16.1. The number of carbonyl (C=O) groups is 2. The number of nitrogens with zero attached hydrogens (tertiary/aromatic N) is 1. The second-order valence-electron chi connectivity index (χ2n) is 5.44. The number of benzene rings is 1. The number of carbonyl (C=O) groups excluding carboxylic acids is 2. The van der Waals surface area contributed by atoms with Crippen LogP contribution in [0.1, 0.15) is 48.9 Å². The zero-order valence-electron chi connectivity index (χ0n) is 12.0. The lowest BCUT2D eigenvalue weighted by atomic mass is 9.98. The first kappa shape index (κ1) is 14.9. The Morgan fingerprint density at radius 1 is 1.15 bits per heavy atom. The predicted octanol–water partition coefficient (Wildman–Crippen LogP) is 3.09. The molecule has 2 rings (SSSR count). The van der Waals surface area contributed by atoms with Gasteiger partial charge >= 0.3 is 0 Å². The van der Waals surface area contributed by atoms with Gasteiger partial charge in [0, 0.05) is 12.0 Å². The van der Waals surface area contributed by atoms with E-state index in [1.54, 1.807) is 0 Å². The molecule has 1 aliphatic heterocycles. The molecule has 0 bridgehead atoms. The van der Waals surface area contributed by atoms with Crippen molar-refractivity contribution in [3.8, 4) is 0 Å². The van der Waals surface area contributed by atoms with Crippen LogP contribution in [0, 0.1) is 0 Å². The molecule has 1 saturated heterocycles. The van der Waals surface area contributed by atoms with Crippen molar-refractivity contribution >= 4 is 12.1 Å². The first-order valence-electron chi connectivity index (χ1n) is 7.60. The number of hydrogen-bond donors (Lipinski definition) is 0. The lowest BCUT2D eigenvalue weighted by molar-refractivity contribution is -0.107. The number of ketones is 1. The summed E-state index contributed by atoms with van der Waals surface area (Å²) in [5, 5.41) is 0. The largest absolute Gasteiger partial charge is 0.303 e. The Morgan fingerprint density at radius 2 is 1.85 bits per heavy atom. The maximum Gasteiger partial charge on any atom is 0.179 e. The van der Waals surface area contributed by atoms with Crippen LogP contribution < -0.4 is 0 Å². The number of likely N-dealkylation sites (tertiary alicyclic amines) is 1. The maximum atomic E-state index is 12.7. The van der Waals surface area contributed by atoms with E-state index in [1.165, 1.54) is 12.8 Å². The van der Waals surface area contributed by atoms with E-state index >= 15 is 0 Å². The molecule has 0 N–H and O–H groups in total. The van der Waals surface area contributed by atoms with Crippen molar-refractivity contribution in [1.29, 1.82) is 0 Å². The van der Waals surface area contributed by atoms with Crippen molar-refractivity contribution in [3.05, 3.63) is 35.9 Å². The summed E-state index contributed by atoms with van der Waals surface area (Å²) in [6, 6.07) is 9.56. The molecule has 1 unspecified atom stereocenters. The molecule has 20 heavy (non-hydrogen) atoms. The molecule has 0 radical (unpaired) electrons. The van der Waals surface area contributed by atoms with E-state index in [4.69, 9.17) is 0 Å². The fourth-order valence-corrected chi connectivity index (χ4v) is 2.89. The van der Waals surface area contributed by atoms with Crippen molar-refractivity contribution in [2.45, 2.75) is 44.6 Å². The third-order valence-corrected chi connectivity index (χ3v) is 3.99. The zero-order valence-corrected chi connectivity index (χ0v) is 12.0. The summed E-state index contributed by atoms with van der Waals surface area (Å²) in [5.74, 6) is 0.235. The van der Waals surface area contributed by atoms with Gasteiger partial charge in [-0.05, 0) is 38.8 Å². The minimum Gasteiger partial charge on any atom is -0.303 e. The molecule has 1 aliphatic rings. The standard InChI is InChI=1S/C17H23NO2/c19-14-8-2-5-11-16(18-12-6-7-13-18)17(20)15-9-3-1-4-10-15/h1,3-4,9-10,14,16H,2,5-8,11-13H2. The van der Waals surface area contributed by atoms with E-state index in [2.05, 4.69) is 4.90 Å². The van der Waals surface area contributed by atoms with Gasteiger partial charge in [0.1, 0.15) is 6.29 Å². The van der Waals surface area contributed by atoms with Gasteiger partial charge in [-0.2, -0.15) is 0 Å². The zero-order chi connectivity index (χ0) is 14.2. The first-order chi connectivity index (χ1) is 9.83. The van der Waals surface area contributed by atoms with Crippen molar-refractivity contribution in [2.24, 2.45) is 0 Å². The van der Waals surface area contributed by atoms with E-state index in [1.807, 2.05) is 30.3 Å². The third-order valence-electron chi connectivity index (χ3n) is 3.99. The molecule has 0 amide bonds. The number of hydrogen-bond acceptors (Lipinski definition) is 3. The highest BCUT2D eigenvalue weighted by molar-refractivity contribution is 6.00. The number of aldehydes is 1. The fraction of sp³-hybridized carbons (Fsp3) is 0.529. The smallest absolute Gasteiger partial charge is 0.179 e. The Labute approximate surface area is 121 Å². The van der Waals surface area contributed by atoms with Crippen molar-refractivity contribution in [3.63, 3.8) is 0 Å². The lowest BCUT2D eigenvalue weighted by Crippen LogP contribution is -2.39. The Hall–Kier alpha value is -1.48. The van der Waals surface area contributed by atoms with Crippen LogP contribution in [0.5, 0.6) is 0 Å². The first-order valence-corrected chi connectivity index (χ1v) is 7.60. The quantitative estimate of drug-likeness (QED) is 0.415. The number of unbranched alkanes of at least 4 members (excludes halogenated alkanes) is 2. The average molecular weight is 273 g/mol. The molecule has 108 valence electrons. The van der Waals surface area contributed by atoms with E-state index in [-0.39, 0.29) is 11.8 Å². The summed E-state index contributed by atoms with van der Waals surface area (Å²) in [6.45, 7) is 2.05. The Morgan fingerprint density at radius 3 is 2.50 bits per heavy atom. The average Bonchev–Trinajstić information content (AvgIpc) is 3.02. The molecule has 1 atom stereocenters. The highest BCUT2D eigenvalue weighted by Crippen LogP contribution is 2.20. The molecule has 3 nitrogen and oxygen atoms in total. The molecule has 0 aromatic heterocycles. The molecule has 0 saturated carbocycles. The van der Waals surface area contributed by atoms with Crippen LogP contribution in [-0.4, -0.2) is 36.1 Å². The minimum absolute atomic E-state index is 0.00782. The van der Waals surface area contributed by atoms with Crippen LogP contribution in [-0.2, 0) is 4.79 Å². The summed E-state index contributed by atoms with van der Waals surface area (Å²) in [4.78, 5) is 25.4. The number of Topliss-reactive ketones (excluding diaryl/α,β-unsaturated/α-hetero) is 1. The van der Waals surface area contributed by atoms with Gasteiger partial charge in [0.05, 0.1) is 6.04 Å². The predicted molar refractivity (Wildman–Crippen MR) is 79.9 cm³/mol. The van der Waals surface area contributed by atoms with Gasteiger partial charge in [0.25, 0.3) is 0 Å². The molecule has 1 aromatic rings. The van der Waals surface area contributed by atoms with E-state index in [0.29, 0.717) is 6.42 Å². The Balaban J connectivity index is 2.01. The van der Waals surface area contributed by atoms with Crippen LogP contribution in [0.2, 0.25) is 0 Å². The topological polar surface area (TPSA) is 37.4 Å². The second kappa shape index (κ2) is 7.95. The van der Waals surface area contributed by atoms with E-state index in [9.17, 15) is 9.59 Å². The Kier molecular flexibility index (Phi) is 5.93. The van der Waals surface area contributed by atoms with Crippen molar-refractivity contribution in [2.75, 3.05) is 13.1 Å². The van der Waals surface area contributed by atoms with Crippen LogP contribution in [0.3, 0.4) is 0 Å². The Bertz CT molecular complexity index is 424. The summed E-state index contributed by atoms with van der Waals surface area (Å²) < 4.78 is 0. The lowest BCUT2D eigenvalue weighted by Gasteiger charge is -2.26. The summed E-state index contributed by atoms with van der Waals surface area (Å²) in [5.41, 5.74) is 0.805. The third kappa shape index (κ3) is 4.01. The van der Waals surface area contributed by atoms with E-state index in [0.717, 1.165) is 44.2 Å². The van der Waals surface area contributed by atoms with Gasteiger partial charge in [-0.25, -0.2) is 0 Å². The van der Waals surface area contributed by atoms with Crippen molar-refractivity contribution < 1.29 is 9.59 Å². The van der Waals surface area contributed by atoms with Gasteiger partial charge in [-0.15, -0.1) is 0 Å². The highest BCUT2D eigenvalue weighted by Gasteiger charge is 2.28. The SMILES string of the molecule is O=CCCCCC(C(=O)c1ccccc1)N1CCCC1. The summed E-state index contributed by atoms with van der Waals surface area (Å²) >= 11 is 0. The summed E-state index contributed by atoms with van der Waals surface area (Å²) in [7, 11) is 0. The fourth-order valence-electron chi connectivity index (χ4n) is 2.89. The molecule has 1 aromatic carbocycles. The van der Waals surface area contributed by atoms with E-state index < -0.39 is 0 Å². The van der Waals surface area contributed by atoms with Gasteiger partial charge < -0.3 is 4.79 Å². The molecular formula is C17H23NO2. The molecule has 1 fully saturated rings. The van der Waals surface area contributed by atoms with Gasteiger partial charge in [-0.3, -0.25) is 9.69 Å². The van der Waals surface area contributed by atoms with Crippen molar-refractivity contribution in [1.82, 2.24) is 4.90 Å². The maximum absolute atomic E-state index is 12.7.